The molecule has 110 valence electrons. The van der Waals surface area contributed by atoms with Crippen LogP contribution in [0.15, 0.2) is 42.5 Å². The van der Waals surface area contributed by atoms with Gasteiger partial charge in [0, 0.05) is 12.2 Å². The molecular formula is C15H13Cl2FN2S. The monoisotopic (exact) mass is 342 g/mol. The topological polar surface area (TPSA) is 24.1 Å². The predicted octanol–water partition coefficient (Wildman–Crippen LogP) is 4.66. The van der Waals surface area contributed by atoms with Crippen molar-refractivity contribution in [2.24, 2.45) is 0 Å². The molecule has 0 amide bonds. The van der Waals surface area contributed by atoms with Gasteiger partial charge in [-0.05, 0) is 54.5 Å². The van der Waals surface area contributed by atoms with Crippen LogP contribution in [0.2, 0.25) is 10.0 Å². The number of thiocarbonyl (C=S) groups is 1. The summed E-state index contributed by atoms with van der Waals surface area (Å²) in [6.45, 7) is 0.652. The highest BCUT2D eigenvalue weighted by molar-refractivity contribution is 7.80. The van der Waals surface area contributed by atoms with Gasteiger partial charge in [0.2, 0.25) is 0 Å². The van der Waals surface area contributed by atoms with Gasteiger partial charge in [-0.15, -0.1) is 0 Å². The molecular weight excluding hydrogens is 330 g/mol. The maximum Gasteiger partial charge on any atom is 0.170 e. The van der Waals surface area contributed by atoms with Gasteiger partial charge in [0.05, 0.1) is 10.0 Å². The Hall–Kier alpha value is -1.36. The first-order chi connectivity index (χ1) is 10.0. The van der Waals surface area contributed by atoms with E-state index in [1.807, 2.05) is 0 Å². The van der Waals surface area contributed by atoms with Crippen molar-refractivity contribution in [3.05, 3.63) is 63.9 Å². The third-order valence-electron chi connectivity index (χ3n) is 2.79. The van der Waals surface area contributed by atoms with E-state index in [9.17, 15) is 4.39 Å². The van der Waals surface area contributed by atoms with Gasteiger partial charge in [0.15, 0.2) is 5.11 Å². The van der Waals surface area contributed by atoms with Crippen LogP contribution >= 0.6 is 35.4 Å². The zero-order valence-corrected chi connectivity index (χ0v) is 13.3. The second-order valence-corrected chi connectivity index (χ2v) is 5.61. The van der Waals surface area contributed by atoms with Gasteiger partial charge in [-0.2, -0.15) is 0 Å². The molecule has 6 heteroatoms. The number of halogens is 3. The van der Waals surface area contributed by atoms with Crippen LogP contribution < -0.4 is 10.6 Å². The second kappa shape index (κ2) is 7.59. The third-order valence-corrected chi connectivity index (χ3v) is 3.78. The van der Waals surface area contributed by atoms with Crippen molar-refractivity contribution in [3.8, 4) is 0 Å². The lowest BCUT2D eigenvalue weighted by atomic mass is 10.1. The van der Waals surface area contributed by atoms with E-state index >= 15 is 0 Å². The van der Waals surface area contributed by atoms with Gasteiger partial charge >= 0.3 is 0 Å². The van der Waals surface area contributed by atoms with Gasteiger partial charge in [0.25, 0.3) is 0 Å². The fraction of sp³-hybridized carbons (Fsp3) is 0.133. The van der Waals surface area contributed by atoms with Crippen LogP contribution in [0, 0.1) is 5.82 Å². The minimum Gasteiger partial charge on any atom is -0.362 e. The fourth-order valence-electron chi connectivity index (χ4n) is 1.72. The Labute approximate surface area is 138 Å². The normalized spacial score (nSPS) is 10.2. The van der Waals surface area contributed by atoms with Crippen LogP contribution in [0.5, 0.6) is 0 Å². The number of hydrogen-bond donors (Lipinski definition) is 2. The maximum atomic E-state index is 12.8. The summed E-state index contributed by atoms with van der Waals surface area (Å²) in [5.74, 6) is -0.233. The molecule has 0 heterocycles. The zero-order valence-electron chi connectivity index (χ0n) is 11.0. The Balaban J connectivity index is 1.79. The Morgan fingerprint density at radius 2 is 1.76 bits per heavy atom. The summed E-state index contributed by atoms with van der Waals surface area (Å²) >= 11 is 17.0. The Kier molecular flexibility index (Phi) is 5.79. The van der Waals surface area contributed by atoms with Crippen LogP contribution in [0.25, 0.3) is 0 Å². The van der Waals surface area contributed by atoms with Crippen LogP contribution in [0.3, 0.4) is 0 Å². The summed E-state index contributed by atoms with van der Waals surface area (Å²) in [5.41, 5.74) is 1.81. The minimum absolute atomic E-state index is 0.233. The molecule has 0 saturated carbocycles. The van der Waals surface area contributed by atoms with Crippen LogP contribution in [-0.2, 0) is 6.42 Å². The maximum absolute atomic E-state index is 12.8. The molecule has 21 heavy (non-hydrogen) atoms. The lowest BCUT2D eigenvalue weighted by Crippen LogP contribution is -2.30. The number of hydrogen-bond acceptors (Lipinski definition) is 1. The molecule has 0 aliphatic heterocycles. The molecule has 0 aliphatic carbocycles. The van der Waals surface area contributed by atoms with Crippen LogP contribution in [-0.4, -0.2) is 11.7 Å². The summed E-state index contributed by atoms with van der Waals surface area (Å²) in [5, 5.41) is 7.56. The first kappa shape index (κ1) is 16.0. The van der Waals surface area contributed by atoms with Gasteiger partial charge in [-0.25, -0.2) is 4.39 Å². The molecule has 0 fully saturated rings. The first-order valence-electron chi connectivity index (χ1n) is 6.29. The molecule has 0 aromatic heterocycles. The highest BCUT2D eigenvalue weighted by Gasteiger charge is 2.02. The van der Waals surface area contributed by atoms with Crippen LogP contribution in [0.4, 0.5) is 10.1 Å². The molecule has 0 saturated heterocycles. The van der Waals surface area contributed by atoms with Gasteiger partial charge in [-0.1, -0.05) is 35.3 Å². The van der Waals surface area contributed by atoms with Crippen molar-refractivity contribution in [2.45, 2.75) is 6.42 Å². The fourth-order valence-corrected chi connectivity index (χ4v) is 2.24. The SMILES string of the molecule is Fc1ccc(CCNC(=S)Nc2ccc(Cl)c(Cl)c2)cc1. The van der Waals surface area contributed by atoms with Crippen LogP contribution in [0.1, 0.15) is 5.56 Å². The number of benzene rings is 2. The molecule has 0 spiro atoms. The molecule has 2 rings (SSSR count). The molecule has 2 N–H and O–H groups in total. The first-order valence-corrected chi connectivity index (χ1v) is 7.45. The lowest BCUT2D eigenvalue weighted by molar-refractivity contribution is 0.627. The van der Waals surface area contributed by atoms with E-state index < -0.39 is 0 Å². The number of anilines is 1. The van der Waals surface area contributed by atoms with Gasteiger partial charge in [0.1, 0.15) is 5.82 Å². The van der Waals surface area contributed by atoms with E-state index in [2.05, 4.69) is 10.6 Å². The zero-order chi connectivity index (χ0) is 15.2. The minimum atomic E-state index is -0.233. The van der Waals surface area contributed by atoms with E-state index in [1.54, 1.807) is 30.3 Å². The van der Waals surface area contributed by atoms with E-state index in [0.29, 0.717) is 21.7 Å². The molecule has 0 bridgehead atoms. The van der Waals surface area contributed by atoms with Crippen molar-refractivity contribution in [1.29, 1.82) is 0 Å². The van der Waals surface area contributed by atoms with Crippen molar-refractivity contribution in [1.82, 2.24) is 5.32 Å². The van der Waals surface area contributed by atoms with Crippen molar-refractivity contribution >= 4 is 46.2 Å². The number of rotatable bonds is 4. The average molecular weight is 343 g/mol. The molecule has 2 aromatic carbocycles. The van der Waals surface area contributed by atoms with E-state index in [4.69, 9.17) is 35.4 Å². The summed E-state index contributed by atoms with van der Waals surface area (Å²) < 4.78 is 12.8. The third kappa shape index (κ3) is 5.16. The molecule has 0 unspecified atom stereocenters. The van der Waals surface area contributed by atoms with E-state index in [1.165, 1.54) is 12.1 Å². The van der Waals surface area contributed by atoms with Crippen molar-refractivity contribution in [2.75, 3.05) is 11.9 Å². The Morgan fingerprint density at radius 1 is 1.05 bits per heavy atom. The molecule has 0 aliphatic rings. The van der Waals surface area contributed by atoms with E-state index in [0.717, 1.165) is 17.7 Å². The Bertz CT molecular complexity index is 632. The van der Waals surface area contributed by atoms with E-state index in [-0.39, 0.29) is 5.82 Å². The van der Waals surface area contributed by atoms with Crippen molar-refractivity contribution in [3.63, 3.8) is 0 Å². The second-order valence-electron chi connectivity index (χ2n) is 4.39. The van der Waals surface area contributed by atoms with Gasteiger partial charge in [-0.3, -0.25) is 0 Å². The summed E-state index contributed by atoms with van der Waals surface area (Å²) in [7, 11) is 0. The summed E-state index contributed by atoms with van der Waals surface area (Å²) in [6.07, 6.45) is 0.753. The quantitative estimate of drug-likeness (QED) is 0.790. The molecule has 0 atom stereocenters. The largest absolute Gasteiger partial charge is 0.362 e. The predicted molar refractivity (Wildman–Crippen MR) is 90.8 cm³/mol. The highest BCUT2D eigenvalue weighted by atomic mass is 35.5. The number of nitrogens with one attached hydrogen (secondary N) is 2. The Morgan fingerprint density at radius 3 is 2.43 bits per heavy atom. The summed E-state index contributed by atoms with van der Waals surface area (Å²) in [6, 6.07) is 11.6. The summed E-state index contributed by atoms with van der Waals surface area (Å²) in [4.78, 5) is 0. The average Bonchev–Trinajstić information content (AvgIpc) is 2.45. The molecule has 2 aromatic rings. The van der Waals surface area contributed by atoms with Crippen molar-refractivity contribution < 1.29 is 4.39 Å². The lowest BCUT2D eigenvalue weighted by Gasteiger charge is -2.11. The highest BCUT2D eigenvalue weighted by Crippen LogP contribution is 2.24. The smallest absolute Gasteiger partial charge is 0.170 e. The molecule has 0 radical (unpaired) electrons. The standard InChI is InChI=1S/C15H13Cl2FN2S/c16-13-6-5-12(9-14(13)17)20-15(21)19-8-7-10-1-3-11(18)4-2-10/h1-6,9H,7-8H2,(H2,19,20,21). The molecule has 2 nitrogen and oxygen atoms in total. The van der Waals surface area contributed by atoms with Gasteiger partial charge < -0.3 is 10.6 Å².